The SMILES string of the molecule is CCOC(=O)c1ccc(C2=CCCC2)nc1Cl. The average molecular weight is 252 g/mol. The topological polar surface area (TPSA) is 39.2 Å². The van der Waals surface area contributed by atoms with Gasteiger partial charge >= 0.3 is 5.97 Å². The van der Waals surface area contributed by atoms with Gasteiger partial charge in [0.05, 0.1) is 17.9 Å². The van der Waals surface area contributed by atoms with Gasteiger partial charge < -0.3 is 4.74 Å². The first-order valence-electron chi connectivity index (χ1n) is 5.75. The second kappa shape index (κ2) is 5.32. The van der Waals surface area contributed by atoms with Crippen LogP contribution in [0.25, 0.3) is 5.57 Å². The van der Waals surface area contributed by atoms with Gasteiger partial charge in [-0.1, -0.05) is 17.7 Å². The van der Waals surface area contributed by atoms with E-state index in [2.05, 4.69) is 11.1 Å². The van der Waals surface area contributed by atoms with E-state index in [0.717, 1.165) is 25.0 Å². The van der Waals surface area contributed by atoms with Crippen molar-refractivity contribution in [2.24, 2.45) is 0 Å². The van der Waals surface area contributed by atoms with Crippen molar-refractivity contribution in [3.63, 3.8) is 0 Å². The van der Waals surface area contributed by atoms with Gasteiger partial charge in [-0.25, -0.2) is 9.78 Å². The lowest BCUT2D eigenvalue weighted by molar-refractivity contribution is 0.0526. The van der Waals surface area contributed by atoms with Crippen LogP contribution in [0.1, 0.15) is 42.2 Å². The Balaban J connectivity index is 2.25. The first-order chi connectivity index (χ1) is 8.22. The summed E-state index contributed by atoms with van der Waals surface area (Å²) in [5, 5.41) is 0.216. The zero-order chi connectivity index (χ0) is 12.3. The third kappa shape index (κ3) is 2.67. The van der Waals surface area contributed by atoms with E-state index in [1.807, 2.05) is 6.07 Å². The van der Waals surface area contributed by atoms with Crippen LogP contribution in [0.5, 0.6) is 0 Å². The van der Waals surface area contributed by atoms with E-state index in [0.29, 0.717) is 12.2 Å². The third-order valence-electron chi connectivity index (χ3n) is 2.71. The highest BCUT2D eigenvalue weighted by molar-refractivity contribution is 6.32. The van der Waals surface area contributed by atoms with E-state index in [-0.39, 0.29) is 5.15 Å². The summed E-state index contributed by atoms with van der Waals surface area (Å²) in [6.45, 7) is 2.10. The Hall–Kier alpha value is -1.35. The summed E-state index contributed by atoms with van der Waals surface area (Å²) in [4.78, 5) is 15.8. The molecular weight excluding hydrogens is 238 g/mol. The van der Waals surface area contributed by atoms with Crippen molar-refractivity contribution in [1.82, 2.24) is 4.98 Å². The summed E-state index contributed by atoms with van der Waals surface area (Å²) >= 11 is 6.00. The molecule has 1 aromatic heterocycles. The summed E-state index contributed by atoms with van der Waals surface area (Å²) < 4.78 is 4.90. The normalized spacial score (nSPS) is 14.6. The molecule has 0 saturated heterocycles. The van der Waals surface area contributed by atoms with Gasteiger partial charge in [-0.15, -0.1) is 0 Å². The molecule has 17 heavy (non-hydrogen) atoms. The molecule has 0 aromatic carbocycles. The highest BCUT2D eigenvalue weighted by Gasteiger charge is 2.15. The lowest BCUT2D eigenvalue weighted by atomic mass is 10.1. The standard InChI is InChI=1S/C13H14ClNO2/c1-2-17-13(16)10-7-8-11(15-12(10)14)9-5-3-4-6-9/h5,7-8H,2-4,6H2,1H3. The Morgan fingerprint density at radius 3 is 2.94 bits per heavy atom. The highest BCUT2D eigenvalue weighted by Crippen LogP contribution is 2.28. The molecule has 0 N–H and O–H groups in total. The van der Waals surface area contributed by atoms with Crippen LogP contribution in [0.4, 0.5) is 0 Å². The van der Waals surface area contributed by atoms with Gasteiger partial charge in [0.25, 0.3) is 0 Å². The minimum atomic E-state index is -0.419. The number of pyridine rings is 1. The molecule has 0 radical (unpaired) electrons. The molecule has 0 bridgehead atoms. The molecule has 1 aliphatic carbocycles. The molecule has 2 rings (SSSR count). The van der Waals surface area contributed by atoms with Crippen molar-refractivity contribution in [1.29, 1.82) is 0 Å². The maximum absolute atomic E-state index is 11.5. The molecule has 0 atom stereocenters. The smallest absolute Gasteiger partial charge is 0.341 e. The van der Waals surface area contributed by atoms with E-state index >= 15 is 0 Å². The largest absolute Gasteiger partial charge is 0.462 e. The van der Waals surface area contributed by atoms with Gasteiger partial charge in [-0.05, 0) is 43.9 Å². The van der Waals surface area contributed by atoms with Gasteiger partial charge in [0, 0.05) is 0 Å². The summed E-state index contributed by atoms with van der Waals surface area (Å²) in [5.74, 6) is -0.419. The molecule has 0 saturated carbocycles. The Kier molecular flexibility index (Phi) is 3.79. The van der Waals surface area contributed by atoms with Crippen LogP contribution < -0.4 is 0 Å². The number of hydrogen-bond acceptors (Lipinski definition) is 3. The van der Waals surface area contributed by atoms with Crippen LogP contribution in [0.15, 0.2) is 18.2 Å². The fourth-order valence-corrected chi connectivity index (χ4v) is 2.11. The Bertz CT molecular complexity index is 468. The van der Waals surface area contributed by atoms with Gasteiger partial charge in [0.15, 0.2) is 0 Å². The van der Waals surface area contributed by atoms with Crippen LogP contribution in [0.2, 0.25) is 5.15 Å². The molecule has 0 unspecified atom stereocenters. The summed E-state index contributed by atoms with van der Waals surface area (Å²) in [5.41, 5.74) is 2.40. The molecule has 0 spiro atoms. The Morgan fingerprint density at radius 1 is 1.53 bits per heavy atom. The number of nitrogens with zero attached hydrogens (tertiary/aromatic N) is 1. The van der Waals surface area contributed by atoms with Crippen molar-refractivity contribution < 1.29 is 9.53 Å². The first-order valence-corrected chi connectivity index (χ1v) is 6.13. The monoisotopic (exact) mass is 251 g/mol. The summed E-state index contributed by atoms with van der Waals surface area (Å²) in [6, 6.07) is 3.51. The van der Waals surface area contributed by atoms with Crippen molar-refractivity contribution in [3.8, 4) is 0 Å². The molecule has 1 aromatic rings. The van der Waals surface area contributed by atoms with E-state index in [9.17, 15) is 4.79 Å². The predicted molar refractivity (Wildman–Crippen MR) is 67.0 cm³/mol. The average Bonchev–Trinajstić information content (AvgIpc) is 2.82. The van der Waals surface area contributed by atoms with Gasteiger partial charge in [0.2, 0.25) is 0 Å². The van der Waals surface area contributed by atoms with E-state index in [1.54, 1.807) is 13.0 Å². The van der Waals surface area contributed by atoms with Crippen LogP contribution >= 0.6 is 11.6 Å². The number of halogens is 1. The fraction of sp³-hybridized carbons (Fsp3) is 0.385. The lowest BCUT2D eigenvalue weighted by Gasteiger charge is -2.06. The van der Waals surface area contributed by atoms with Crippen molar-refractivity contribution in [2.45, 2.75) is 26.2 Å². The fourth-order valence-electron chi connectivity index (χ4n) is 1.88. The van der Waals surface area contributed by atoms with E-state index < -0.39 is 5.97 Å². The molecule has 0 aliphatic heterocycles. The first kappa shape index (κ1) is 12.1. The van der Waals surface area contributed by atoms with Crippen molar-refractivity contribution in [3.05, 3.63) is 34.6 Å². The minimum absolute atomic E-state index is 0.216. The van der Waals surface area contributed by atoms with Gasteiger partial charge in [-0.2, -0.15) is 0 Å². The molecule has 90 valence electrons. The highest BCUT2D eigenvalue weighted by atomic mass is 35.5. The second-order valence-corrected chi connectivity index (χ2v) is 4.23. The molecule has 3 nitrogen and oxygen atoms in total. The van der Waals surface area contributed by atoms with Crippen molar-refractivity contribution >= 4 is 23.1 Å². The molecular formula is C13H14ClNO2. The second-order valence-electron chi connectivity index (χ2n) is 3.88. The van der Waals surface area contributed by atoms with E-state index in [1.165, 1.54) is 5.57 Å². The maximum atomic E-state index is 11.5. The van der Waals surface area contributed by atoms with Crippen molar-refractivity contribution in [2.75, 3.05) is 6.61 Å². The summed E-state index contributed by atoms with van der Waals surface area (Å²) in [6.07, 6.45) is 5.45. The molecule has 1 heterocycles. The summed E-state index contributed by atoms with van der Waals surface area (Å²) in [7, 11) is 0. The van der Waals surface area contributed by atoms with Crippen LogP contribution in [-0.2, 0) is 4.74 Å². The molecule has 0 amide bonds. The maximum Gasteiger partial charge on any atom is 0.341 e. The third-order valence-corrected chi connectivity index (χ3v) is 3.00. The molecule has 1 aliphatic rings. The number of carbonyl (C=O) groups is 1. The minimum Gasteiger partial charge on any atom is -0.462 e. The van der Waals surface area contributed by atoms with Crippen LogP contribution in [-0.4, -0.2) is 17.6 Å². The number of carbonyl (C=O) groups excluding carboxylic acids is 1. The number of rotatable bonds is 3. The van der Waals surface area contributed by atoms with Gasteiger partial charge in [-0.3, -0.25) is 0 Å². The van der Waals surface area contributed by atoms with Gasteiger partial charge in [0.1, 0.15) is 5.15 Å². The molecule has 0 fully saturated rings. The number of aromatic nitrogens is 1. The number of hydrogen-bond donors (Lipinski definition) is 0. The quantitative estimate of drug-likeness (QED) is 0.610. The lowest BCUT2D eigenvalue weighted by Crippen LogP contribution is -2.06. The van der Waals surface area contributed by atoms with Crippen LogP contribution in [0.3, 0.4) is 0 Å². The number of allylic oxidation sites excluding steroid dienone is 2. The molecule has 4 heteroatoms. The predicted octanol–water partition coefficient (Wildman–Crippen LogP) is 3.48. The van der Waals surface area contributed by atoms with Crippen LogP contribution in [0, 0.1) is 0 Å². The Labute approximate surface area is 105 Å². The Morgan fingerprint density at radius 2 is 2.35 bits per heavy atom. The number of esters is 1. The zero-order valence-electron chi connectivity index (χ0n) is 9.70. The van der Waals surface area contributed by atoms with E-state index in [4.69, 9.17) is 16.3 Å². The zero-order valence-corrected chi connectivity index (χ0v) is 10.5. The number of ether oxygens (including phenoxy) is 1.